The summed E-state index contributed by atoms with van der Waals surface area (Å²) in [5, 5.41) is 3.50. The van der Waals surface area contributed by atoms with Gasteiger partial charge < -0.3 is 10.1 Å². The molecule has 0 amide bonds. The van der Waals surface area contributed by atoms with Gasteiger partial charge in [-0.1, -0.05) is 6.07 Å². The lowest BCUT2D eigenvalue weighted by molar-refractivity contribution is 0.358. The average molecular weight is 268 g/mol. The van der Waals surface area contributed by atoms with Gasteiger partial charge in [0.25, 0.3) is 0 Å². The van der Waals surface area contributed by atoms with E-state index in [-0.39, 0.29) is 12.4 Å². The zero-order valence-electron chi connectivity index (χ0n) is 11.2. The fraction of sp³-hybridized carbons (Fsp3) is 0.600. The van der Waals surface area contributed by atoms with Crippen LogP contribution in [0.5, 0.6) is 5.75 Å². The number of benzene rings is 1. The van der Waals surface area contributed by atoms with Crippen LogP contribution >= 0.6 is 12.4 Å². The van der Waals surface area contributed by atoms with Crippen molar-refractivity contribution in [2.24, 2.45) is 0 Å². The van der Waals surface area contributed by atoms with Gasteiger partial charge in [-0.3, -0.25) is 0 Å². The van der Waals surface area contributed by atoms with E-state index >= 15 is 0 Å². The van der Waals surface area contributed by atoms with Crippen LogP contribution in [0.15, 0.2) is 12.1 Å². The minimum atomic E-state index is 0. The molecule has 0 aromatic heterocycles. The summed E-state index contributed by atoms with van der Waals surface area (Å²) in [6, 6.07) is 5.10. The molecular weight excluding hydrogens is 246 g/mol. The van der Waals surface area contributed by atoms with Crippen molar-refractivity contribution >= 4 is 12.4 Å². The number of aryl methyl sites for hydroxylation is 1. The molecule has 0 saturated carbocycles. The van der Waals surface area contributed by atoms with Crippen LogP contribution in [0.1, 0.15) is 41.9 Å². The summed E-state index contributed by atoms with van der Waals surface area (Å²) in [7, 11) is 3.89. The molecule has 2 atom stereocenters. The molecule has 1 N–H and O–H groups in total. The Balaban J connectivity index is 0.00000120. The van der Waals surface area contributed by atoms with Crippen molar-refractivity contribution in [2.75, 3.05) is 14.2 Å². The Bertz CT molecular complexity index is 433. The number of halogens is 1. The van der Waals surface area contributed by atoms with Gasteiger partial charge in [0.15, 0.2) is 0 Å². The standard InChI is InChI=1S/C15H21NO.ClH/c1-16-13-8-6-10-7-9-14(17-2)12-5-3-4-11(13)15(10)12;/h7,9,11,13,16H,3-6,8H2,1-2H3;1H/t11-,13+;/m1./s1. The molecule has 0 aliphatic heterocycles. The van der Waals surface area contributed by atoms with Crippen molar-refractivity contribution in [3.05, 3.63) is 28.8 Å². The number of rotatable bonds is 2. The highest BCUT2D eigenvalue weighted by molar-refractivity contribution is 5.85. The van der Waals surface area contributed by atoms with Gasteiger partial charge >= 0.3 is 0 Å². The van der Waals surface area contributed by atoms with Crippen molar-refractivity contribution in [1.29, 1.82) is 0 Å². The summed E-state index contributed by atoms with van der Waals surface area (Å²) in [6.07, 6.45) is 6.32. The highest BCUT2D eigenvalue weighted by Crippen LogP contribution is 2.44. The molecule has 1 aromatic carbocycles. The van der Waals surface area contributed by atoms with Crippen molar-refractivity contribution in [2.45, 2.75) is 44.1 Å². The van der Waals surface area contributed by atoms with E-state index in [4.69, 9.17) is 4.74 Å². The SMILES string of the molecule is CN[C@H]1CCc2ccc(OC)c3c2[C@@H]1CCC3.Cl. The van der Waals surface area contributed by atoms with Gasteiger partial charge in [-0.25, -0.2) is 0 Å². The molecule has 0 radical (unpaired) electrons. The van der Waals surface area contributed by atoms with Gasteiger partial charge in [0, 0.05) is 6.04 Å². The van der Waals surface area contributed by atoms with Crippen molar-refractivity contribution in [3.63, 3.8) is 0 Å². The zero-order chi connectivity index (χ0) is 11.8. The monoisotopic (exact) mass is 267 g/mol. The molecule has 3 rings (SSSR count). The quantitative estimate of drug-likeness (QED) is 0.889. The molecule has 0 fully saturated rings. The van der Waals surface area contributed by atoms with Crippen LogP contribution in [0.25, 0.3) is 0 Å². The van der Waals surface area contributed by atoms with Gasteiger partial charge in [-0.15, -0.1) is 12.4 Å². The lowest BCUT2D eigenvalue weighted by Crippen LogP contribution is -2.38. The first kappa shape index (κ1) is 13.7. The van der Waals surface area contributed by atoms with Crippen molar-refractivity contribution in [1.82, 2.24) is 5.32 Å². The summed E-state index contributed by atoms with van der Waals surface area (Å²) in [5.41, 5.74) is 4.67. The van der Waals surface area contributed by atoms with Gasteiger partial charge in [-0.2, -0.15) is 0 Å². The van der Waals surface area contributed by atoms with Crippen LogP contribution in [-0.2, 0) is 12.8 Å². The zero-order valence-corrected chi connectivity index (χ0v) is 12.0. The molecule has 0 heterocycles. The molecule has 1 aromatic rings. The molecule has 0 spiro atoms. The first-order chi connectivity index (χ1) is 8.35. The summed E-state index contributed by atoms with van der Waals surface area (Å²) in [4.78, 5) is 0. The number of ether oxygens (including phenoxy) is 1. The predicted molar refractivity (Wildman–Crippen MR) is 77.1 cm³/mol. The Hall–Kier alpha value is -0.730. The molecular formula is C15H22ClNO. The average Bonchev–Trinajstić information content (AvgIpc) is 2.40. The smallest absolute Gasteiger partial charge is 0.122 e. The molecule has 0 saturated heterocycles. The van der Waals surface area contributed by atoms with Crippen LogP contribution in [0, 0.1) is 0 Å². The maximum atomic E-state index is 5.53. The van der Waals surface area contributed by atoms with Gasteiger partial charge in [0.05, 0.1) is 7.11 Å². The van der Waals surface area contributed by atoms with Crippen LogP contribution < -0.4 is 10.1 Å². The first-order valence-electron chi connectivity index (χ1n) is 6.71. The second kappa shape index (κ2) is 5.50. The van der Waals surface area contributed by atoms with E-state index in [0.717, 1.165) is 5.75 Å². The lowest BCUT2D eigenvalue weighted by Gasteiger charge is -2.38. The highest BCUT2D eigenvalue weighted by Gasteiger charge is 2.33. The Morgan fingerprint density at radius 1 is 1.22 bits per heavy atom. The number of hydrogen-bond donors (Lipinski definition) is 1. The maximum Gasteiger partial charge on any atom is 0.122 e. The Kier molecular flexibility index (Phi) is 4.18. The highest BCUT2D eigenvalue weighted by atomic mass is 35.5. The fourth-order valence-electron chi connectivity index (χ4n) is 3.73. The molecule has 3 heteroatoms. The van der Waals surface area contributed by atoms with Crippen molar-refractivity contribution < 1.29 is 4.74 Å². The van der Waals surface area contributed by atoms with E-state index < -0.39 is 0 Å². The number of methoxy groups -OCH3 is 1. The van der Waals surface area contributed by atoms with Gasteiger partial charge in [-0.05, 0) is 67.8 Å². The molecule has 100 valence electrons. The van der Waals surface area contributed by atoms with E-state index in [1.807, 2.05) is 0 Å². The Labute approximate surface area is 116 Å². The molecule has 2 nitrogen and oxygen atoms in total. The van der Waals surface area contributed by atoms with Crippen LogP contribution in [-0.4, -0.2) is 20.2 Å². The summed E-state index contributed by atoms with van der Waals surface area (Å²) >= 11 is 0. The maximum absolute atomic E-state index is 5.53. The number of likely N-dealkylation sites (N-methyl/N-ethyl adjacent to an activating group) is 1. The minimum absolute atomic E-state index is 0. The molecule has 0 bridgehead atoms. The lowest BCUT2D eigenvalue weighted by atomic mass is 9.71. The summed E-state index contributed by atoms with van der Waals surface area (Å²) in [5.74, 6) is 1.81. The Morgan fingerprint density at radius 2 is 2.06 bits per heavy atom. The van der Waals surface area contributed by atoms with Gasteiger partial charge in [0.2, 0.25) is 0 Å². The molecule has 18 heavy (non-hydrogen) atoms. The van der Waals surface area contributed by atoms with Crippen LogP contribution in [0.4, 0.5) is 0 Å². The van der Waals surface area contributed by atoms with Gasteiger partial charge in [0.1, 0.15) is 5.75 Å². The largest absolute Gasteiger partial charge is 0.496 e. The van der Waals surface area contributed by atoms with E-state index in [0.29, 0.717) is 12.0 Å². The molecule has 2 aliphatic rings. The van der Waals surface area contributed by atoms with E-state index in [9.17, 15) is 0 Å². The van der Waals surface area contributed by atoms with E-state index in [1.54, 1.807) is 18.2 Å². The summed E-state index contributed by atoms with van der Waals surface area (Å²) < 4.78 is 5.53. The Morgan fingerprint density at radius 3 is 2.78 bits per heavy atom. The third kappa shape index (κ3) is 2.02. The number of nitrogens with one attached hydrogen (secondary N) is 1. The topological polar surface area (TPSA) is 21.3 Å². The third-order valence-electron chi connectivity index (χ3n) is 4.52. The number of hydrogen-bond acceptors (Lipinski definition) is 2. The predicted octanol–water partition coefficient (Wildman–Crippen LogP) is 3.07. The van der Waals surface area contributed by atoms with E-state index in [2.05, 4.69) is 24.5 Å². The van der Waals surface area contributed by atoms with Crippen LogP contribution in [0.2, 0.25) is 0 Å². The third-order valence-corrected chi connectivity index (χ3v) is 4.52. The van der Waals surface area contributed by atoms with Crippen LogP contribution in [0.3, 0.4) is 0 Å². The van der Waals surface area contributed by atoms with Crippen molar-refractivity contribution in [3.8, 4) is 5.75 Å². The molecule has 2 aliphatic carbocycles. The normalized spacial score (nSPS) is 25.0. The molecule has 0 unspecified atom stereocenters. The van der Waals surface area contributed by atoms with E-state index in [1.165, 1.54) is 37.7 Å². The summed E-state index contributed by atoms with van der Waals surface area (Å²) in [6.45, 7) is 0. The second-order valence-corrected chi connectivity index (χ2v) is 5.25. The first-order valence-corrected chi connectivity index (χ1v) is 6.71. The second-order valence-electron chi connectivity index (χ2n) is 5.25. The fourth-order valence-corrected chi connectivity index (χ4v) is 3.73. The minimum Gasteiger partial charge on any atom is -0.496 e.